The number of amides is 2. The SMILES string of the molecule is CCCOCCN1C(=O)C(C)(CC)NC(=O)C1CCC. The quantitative estimate of drug-likeness (QED) is 0.690. The first kappa shape index (κ1) is 17.0. The van der Waals surface area contributed by atoms with E-state index in [9.17, 15) is 9.59 Å². The number of carbonyl (C=O) groups is 2. The second-order valence-corrected chi connectivity index (χ2v) is 5.59. The Hall–Kier alpha value is -1.10. The van der Waals surface area contributed by atoms with Crippen LogP contribution in [0.1, 0.15) is 53.4 Å². The van der Waals surface area contributed by atoms with E-state index in [-0.39, 0.29) is 17.9 Å². The molecule has 1 aliphatic rings. The molecular formula is C15H28N2O3. The number of nitrogens with zero attached hydrogens (tertiary/aromatic N) is 1. The maximum atomic E-state index is 12.6. The van der Waals surface area contributed by atoms with Crippen molar-refractivity contribution in [2.75, 3.05) is 19.8 Å². The minimum Gasteiger partial charge on any atom is -0.380 e. The Balaban J connectivity index is 2.79. The Morgan fingerprint density at radius 1 is 1.20 bits per heavy atom. The molecule has 1 fully saturated rings. The van der Waals surface area contributed by atoms with E-state index in [0.717, 1.165) is 12.8 Å². The third-order valence-corrected chi connectivity index (χ3v) is 3.91. The predicted octanol–water partition coefficient (Wildman–Crippen LogP) is 1.71. The number of carbonyl (C=O) groups excluding carboxylic acids is 2. The summed E-state index contributed by atoms with van der Waals surface area (Å²) < 4.78 is 5.47. The molecule has 1 heterocycles. The van der Waals surface area contributed by atoms with Crippen molar-refractivity contribution in [1.82, 2.24) is 10.2 Å². The molecule has 0 aromatic heterocycles. The molecule has 0 spiro atoms. The first-order valence-corrected chi connectivity index (χ1v) is 7.71. The van der Waals surface area contributed by atoms with Gasteiger partial charge in [-0.25, -0.2) is 0 Å². The molecule has 20 heavy (non-hydrogen) atoms. The predicted molar refractivity (Wildman–Crippen MR) is 78.4 cm³/mol. The van der Waals surface area contributed by atoms with E-state index in [1.165, 1.54) is 0 Å². The van der Waals surface area contributed by atoms with Gasteiger partial charge in [-0.2, -0.15) is 0 Å². The Bertz CT molecular complexity index is 346. The fourth-order valence-corrected chi connectivity index (χ4v) is 2.48. The lowest BCUT2D eigenvalue weighted by molar-refractivity contribution is -0.155. The van der Waals surface area contributed by atoms with Gasteiger partial charge in [-0.15, -0.1) is 0 Å². The molecule has 0 aromatic carbocycles. The fourth-order valence-electron chi connectivity index (χ4n) is 2.48. The monoisotopic (exact) mass is 284 g/mol. The summed E-state index contributed by atoms with van der Waals surface area (Å²) in [6.07, 6.45) is 3.13. The zero-order chi connectivity index (χ0) is 15.2. The molecule has 1 N–H and O–H groups in total. The molecule has 2 amide bonds. The van der Waals surface area contributed by atoms with Crippen molar-refractivity contribution in [3.63, 3.8) is 0 Å². The maximum absolute atomic E-state index is 12.6. The molecule has 0 saturated carbocycles. The van der Waals surface area contributed by atoms with E-state index in [1.54, 1.807) is 11.8 Å². The van der Waals surface area contributed by atoms with E-state index in [2.05, 4.69) is 5.32 Å². The molecule has 0 aliphatic carbocycles. The topological polar surface area (TPSA) is 58.6 Å². The molecule has 2 atom stereocenters. The van der Waals surface area contributed by atoms with Gasteiger partial charge in [0.2, 0.25) is 11.8 Å². The zero-order valence-corrected chi connectivity index (χ0v) is 13.2. The third kappa shape index (κ3) is 3.72. The molecule has 0 aromatic rings. The van der Waals surface area contributed by atoms with Crippen LogP contribution in [0.5, 0.6) is 0 Å². The van der Waals surface area contributed by atoms with E-state index >= 15 is 0 Å². The molecule has 1 rings (SSSR count). The molecule has 2 unspecified atom stereocenters. The normalized spacial score (nSPS) is 26.8. The highest BCUT2D eigenvalue weighted by molar-refractivity contribution is 5.99. The molecule has 116 valence electrons. The lowest BCUT2D eigenvalue weighted by Crippen LogP contribution is -2.69. The fraction of sp³-hybridized carbons (Fsp3) is 0.867. The van der Waals surface area contributed by atoms with Gasteiger partial charge < -0.3 is 15.0 Å². The van der Waals surface area contributed by atoms with Crippen LogP contribution in [0, 0.1) is 0 Å². The second kappa shape index (κ2) is 7.62. The number of hydrogen-bond acceptors (Lipinski definition) is 3. The summed E-state index contributed by atoms with van der Waals surface area (Å²) >= 11 is 0. The highest BCUT2D eigenvalue weighted by Gasteiger charge is 2.46. The molecular weight excluding hydrogens is 256 g/mol. The van der Waals surface area contributed by atoms with Gasteiger partial charge in [0.15, 0.2) is 0 Å². The van der Waals surface area contributed by atoms with Crippen LogP contribution < -0.4 is 5.32 Å². The second-order valence-electron chi connectivity index (χ2n) is 5.59. The summed E-state index contributed by atoms with van der Waals surface area (Å²) in [4.78, 5) is 26.6. The number of piperazine rings is 1. The van der Waals surface area contributed by atoms with Crippen LogP contribution in [0.2, 0.25) is 0 Å². The van der Waals surface area contributed by atoms with Gasteiger partial charge in [-0.3, -0.25) is 9.59 Å². The Morgan fingerprint density at radius 2 is 1.90 bits per heavy atom. The summed E-state index contributed by atoms with van der Waals surface area (Å²) in [5.74, 6) is -0.0237. The highest BCUT2D eigenvalue weighted by Crippen LogP contribution is 2.23. The smallest absolute Gasteiger partial charge is 0.248 e. The van der Waals surface area contributed by atoms with Gasteiger partial charge in [-0.1, -0.05) is 27.2 Å². The van der Waals surface area contributed by atoms with Crippen molar-refractivity contribution >= 4 is 11.8 Å². The third-order valence-electron chi connectivity index (χ3n) is 3.91. The Kier molecular flexibility index (Phi) is 6.46. The number of ether oxygens (including phenoxy) is 1. The molecule has 1 saturated heterocycles. The van der Waals surface area contributed by atoms with Crippen molar-refractivity contribution in [2.45, 2.75) is 65.0 Å². The van der Waals surface area contributed by atoms with Crippen molar-refractivity contribution in [3.8, 4) is 0 Å². The van der Waals surface area contributed by atoms with Crippen LogP contribution in [0.3, 0.4) is 0 Å². The highest BCUT2D eigenvalue weighted by atomic mass is 16.5. The number of rotatable bonds is 8. The first-order valence-electron chi connectivity index (χ1n) is 7.71. The lowest BCUT2D eigenvalue weighted by atomic mass is 9.90. The lowest BCUT2D eigenvalue weighted by Gasteiger charge is -2.44. The molecule has 5 nitrogen and oxygen atoms in total. The molecule has 0 bridgehead atoms. The van der Waals surface area contributed by atoms with Gasteiger partial charge in [0.05, 0.1) is 6.61 Å². The largest absolute Gasteiger partial charge is 0.380 e. The minimum absolute atomic E-state index is 0.0122. The first-order chi connectivity index (χ1) is 9.50. The molecule has 1 aliphatic heterocycles. The zero-order valence-electron chi connectivity index (χ0n) is 13.2. The minimum atomic E-state index is -0.772. The summed E-state index contributed by atoms with van der Waals surface area (Å²) in [6, 6.07) is -0.350. The average Bonchev–Trinajstić information content (AvgIpc) is 2.43. The average molecular weight is 284 g/mol. The van der Waals surface area contributed by atoms with Crippen LogP contribution in [-0.4, -0.2) is 48.1 Å². The van der Waals surface area contributed by atoms with Gasteiger partial charge >= 0.3 is 0 Å². The van der Waals surface area contributed by atoms with Crippen LogP contribution >= 0.6 is 0 Å². The van der Waals surface area contributed by atoms with E-state index in [0.29, 0.717) is 32.6 Å². The van der Waals surface area contributed by atoms with Crippen LogP contribution in [0.15, 0.2) is 0 Å². The van der Waals surface area contributed by atoms with Crippen molar-refractivity contribution in [3.05, 3.63) is 0 Å². The summed E-state index contributed by atoms with van der Waals surface area (Å²) in [5, 5.41) is 2.89. The number of nitrogens with one attached hydrogen (secondary N) is 1. The van der Waals surface area contributed by atoms with Gasteiger partial charge in [0, 0.05) is 13.2 Å². The van der Waals surface area contributed by atoms with Gasteiger partial charge in [0.25, 0.3) is 0 Å². The van der Waals surface area contributed by atoms with E-state index in [4.69, 9.17) is 4.74 Å². The van der Waals surface area contributed by atoms with E-state index < -0.39 is 5.54 Å². The van der Waals surface area contributed by atoms with Crippen molar-refractivity contribution in [1.29, 1.82) is 0 Å². The van der Waals surface area contributed by atoms with Crippen LogP contribution in [-0.2, 0) is 14.3 Å². The Morgan fingerprint density at radius 3 is 2.45 bits per heavy atom. The molecule has 5 heteroatoms. The summed E-state index contributed by atoms with van der Waals surface area (Å²) in [7, 11) is 0. The van der Waals surface area contributed by atoms with Crippen LogP contribution in [0.25, 0.3) is 0 Å². The Labute approximate surface area is 122 Å². The summed E-state index contributed by atoms with van der Waals surface area (Å²) in [5.41, 5.74) is -0.772. The van der Waals surface area contributed by atoms with Crippen molar-refractivity contribution in [2.24, 2.45) is 0 Å². The maximum Gasteiger partial charge on any atom is 0.248 e. The van der Waals surface area contributed by atoms with Gasteiger partial charge in [-0.05, 0) is 26.2 Å². The van der Waals surface area contributed by atoms with Gasteiger partial charge in [0.1, 0.15) is 11.6 Å². The standard InChI is InChI=1S/C15H28N2O3/c1-5-8-12-13(18)16-15(4,7-3)14(19)17(12)9-11-20-10-6-2/h12H,5-11H2,1-4H3,(H,16,18). The molecule has 0 radical (unpaired) electrons. The number of hydrogen-bond donors (Lipinski definition) is 1. The van der Waals surface area contributed by atoms with Crippen molar-refractivity contribution < 1.29 is 14.3 Å². The van der Waals surface area contributed by atoms with E-state index in [1.807, 2.05) is 20.8 Å². The summed E-state index contributed by atoms with van der Waals surface area (Å²) in [6.45, 7) is 9.47. The van der Waals surface area contributed by atoms with Crippen LogP contribution in [0.4, 0.5) is 0 Å².